The molecule has 0 aromatic heterocycles. The van der Waals surface area contributed by atoms with Gasteiger partial charge in [0, 0.05) is 7.05 Å². The quantitative estimate of drug-likeness (QED) is 0.813. The molecule has 0 fully saturated rings. The molecule has 0 unspecified atom stereocenters. The van der Waals surface area contributed by atoms with Crippen LogP contribution < -0.4 is 9.64 Å². The van der Waals surface area contributed by atoms with Gasteiger partial charge in [-0.1, -0.05) is 0 Å². The van der Waals surface area contributed by atoms with Crippen LogP contribution in [-0.2, 0) is 0 Å². The molecule has 0 radical (unpaired) electrons. The Morgan fingerprint density at radius 2 is 1.93 bits per heavy atom. The first-order chi connectivity index (χ1) is 6.99. The van der Waals surface area contributed by atoms with Crippen LogP contribution in [0, 0.1) is 13.8 Å². The molecule has 1 aromatic carbocycles. The van der Waals surface area contributed by atoms with Crippen molar-refractivity contribution in [3.63, 3.8) is 0 Å². The van der Waals surface area contributed by atoms with E-state index in [2.05, 4.69) is 0 Å². The Balaban J connectivity index is 3.23. The molecule has 0 aliphatic rings. The molecule has 4 nitrogen and oxygen atoms in total. The molecule has 82 valence electrons. The minimum absolute atomic E-state index is 0.681. The smallest absolute Gasteiger partial charge is 0.411 e. The maximum Gasteiger partial charge on any atom is 0.411 e. The number of ether oxygens (including phenoxy) is 1. The lowest BCUT2D eigenvalue weighted by atomic mass is 10.1. The molecule has 1 N–H and O–H groups in total. The van der Waals surface area contributed by atoms with Gasteiger partial charge in [-0.25, -0.2) is 4.79 Å². The van der Waals surface area contributed by atoms with Gasteiger partial charge in [0.25, 0.3) is 0 Å². The highest BCUT2D eigenvalue weighted by molar-refractivity contribution is 5.87. The van der Waals surface area contributed by atoms with Gasteiger partial charge in [-0.2, -0.15) is 0 Å². The average molecular weight is 209 g/mol. The van der Waals surface area contributed by atoms with Gasteiger partial charge in [-0.15, -0.1) is 0 Å². The summed E-state index contributed by atoms with van der Waals surface area (Å²) in [5, 5.41) is 8.87. The van der Waals surface area contributed by atoms with E-state index in [-0.39, 0.29) is 0 Å². The maximum absolute atomic E-state index is 10.8. The monoisotopic (exact) mass is 209 g/mol. The van der Waals surface area contributed by atoms with E-state index in [0.29, 0.717) is 5.69 Å². The van der Waals surface area contributed by atoms with Gasteiger partial charge in [0.1, 0.15) is 5.75 Å². The predicted octanol–water partition coefficient (Wildman–Crippen LogP) is 2.43. The number of hydrogen-bond donors (Lipinski definition) is 1. The van der Waals surface area contributed by atoms with Crippen molar-refractivity contribution in [2.24, 2.45) is 0 Å². The molecule has 15 heavy (non-hydrogen) atoms. The minimum Gasteiger partial charge on any atom is -0.496 e. The van der Waals surface area contributed by atoms with Gasteiger partial charge in [-0.05, 0) is 37.1 Å². The number of carbonyl (C=O) groups is 1. The summed E-state index contributed by atoms with van der Waals surface area (Å²) in [6.07, 6.45) is -0.970. The second-order valence-corrected chi connectivity index (χ2v) is 3.38. The van der Waals surface area contributed by atoms with Crippen LogP contribution in [0.4, 0.5) is 10.5 Å². The third kappa shape index (κ3) is 2.03. The second-order valence-electron chi connectivity index (χ2n) is 3.38. The molecule has 0 aliphatic carbocycles. The minimum atomic E-state index is -0.970. The summed E-state index contributed by atoms with van der Waals surface area (Å²) in [4.78, 5) is 12.0. The molecular formula is C11H15NO3. The molecule has 1 aromatic rings. The first kappa shape index (κ1) is 11.4. The molecule has 0 atom stereocenters. The summed E-state index contributed by atoms with van der Waals surface area (Å²) in [5.41, 5.74) is 2.56. The Labute approximate surface area is 89.1 Å². The van der Waals surface area contributed by atoms with E-state index in [0.717, 1.165) is 16.9 Å². The van der Waals surface area contributed by atoms with E-state index in [1.165, 1.54) is 11.9 Å². The number of nitrogens with zero attached hydrogens (tertiary/aromatic N) is 1. The van der Waals surface area contributed by atoms with Crippen LogP contribution in [0.5, 0.6) is 5.75 Å². The van der Waals surface area contributed by atoms with Crippen LogP contribution in [-0.4, -0.2) is 25.4 Å². The third-order valence-corrected chi connectivity index (χ3v) is 2.58. The van der Waals surface area contributed by atoms with Crippen molar-refractivity contribution in [2.75, 3.05) is 19.1 Å². The Hall–Kier alpha value is -1.71. The standard InChI is InChI=1S/C11H15NO3/c1-7-8(2)10(15-4)6-5-9(7)12(3)11(13)14/h5-6H,1-4H3,(H,13,14). The summed E-state index contributed by atoms with van der Waals surface area (Å²) < 4.78 is 5.16. The average Bonchev–Trinajstić information content (AvgIpc) is 2.21. The van der Waals surface area contributed by atoms with Gasteiger partial charge in [0.2, 0.25) is 0 Å². The molecule has 0 saturated heterocycles. The van der Waals surface area contributed by atoms with Crippen molar-refractivity contribution < 1.29 is 14.6 Å². The van der Waals surface area contributed by atoms with Crippen molar-refractivity contribution in [1.29, 1.82) is 0 Å². The fourth-order valence-electron chi connectivity index (χ4n) is 1.47. The van der Waals surface area contributed by atoms with E-state index in [1.54, 1.807) is 19.2 Å². The maximum atomic E-state index is 10.8. The highest BCUT2D eigenvalue weighted by Crippen LogP contribution is 2.29. The van der Waals surface area contributed by atoms with Crippen LogP contribution in [0.25, 0.3) is 0 Å². The van der Waals surface area contributed by atoms with Crippen molar-refractivity contribution in [3.8, 4) is 5.75 Å². The van der Waals surface area contributed by atoms with Crippen LogP contribution in [0.3, 0.4) is 0 Å². The van der Waals surface area contributed by atoms with Gasteiger partial charge in [0.15, 0.2) is 0 Å². The molecule has 1 amide bonds. The van der Waals surface area contributed by atoms with E-state index >= 15 is 0 Å². The molecule has 0 heterocycles. The topological polar surface area (TPSA) is 49.8 Å². The van der Waals surface area contributed by atoms with E-state index in [9.17, 15) is 4.79 Å². The lowest BCUT2D eigenvalue weighted by molar-refractivity contribution is 0.203. The Bertz CT molecular complexity index is 388. The Morgan fingerprint density at radius 1 is 1.33 bits per heavy atom. The lowest BCUT2D eigenvalue weighted by Crippen LogP contribution is -2.24. The Kier molecular flexibility index (Phi) is 3.19. The SMILES string of the molecule is COc1ccc(N(C)C(=O)O)c(C)c1C. The van der Waals surface area contributed by atoms with Gasteiger partial charge in [-0.3, -0.25) is 4.90 Å². The van der Waals surface area contributed by atoms with Crippen molar-refractivity contribution in [1.82, 2.24) is 0 Å². The van der Waals surface area contributed by atoms with Crippen LogP contribution >= 0.6 is 0 Å². The number of methoxy groups -OCH3 is 1. The molecule has 0 aliphatic heterocycles. The van der Waals surface area contributed by atoms with Crippen molar-refractivity contribution >= 4 is 11.8 Å². The lowest BCUT2D eigenvalue weighted by Gasteiger charge is -2.18. The normalized spacial score (nSPS) is 9.87. The van der Waals surface area contributed by atoms with Gasteiger partial charge in [0.05, 0.1) is 12.8 Å². The number of rotatable bonds is 2. The number of amides is 1. The zero-order valence-corrected chi connectivity index (χ0v) is 9.37. The fraction of sp³-hybridized carbons (Fsp3) is 0.364. The summed E-state index contributed by atoms with van der Waals surface area (Å²) >= 11 is 0. The highest BCUT2D eigenvalue weighted by Gasteiger charge is 2.14. The van der Waals surface area contributed by atoms with Crippen LogP contribution in [0.1, 0.15) is 11.1 Å². The van der Waals surface area contributed by atoms with E-state index in [4.69, 9.17) is 9.84 Å². The molecule has 1 rings (SSSR count). The highest BCUT2D eigenvalue weighted by atomic mass is 16.5. The fourth-order valence-corrected chi connectivity index (χ4v) is 1.47. The number of benzene rings is 1. The van der Waals surface area contributed by atoms with Crippen LogP contribution in [0.2, 0.25) is 0 Å². The summed E-state index contributed by atoms with van der Waals surface area (Å²) in [6, 6.07) is 3.52. The predicted molar refractivity (Wildman–Crippen MR) is 58.9 cm³/mol. The van der Waals surface area contributed by atoms with Gasteiger partial charge < -0.3 is 9.84 Å². The number of anilines is 1. The van der Waals surface area contributed by atoms with Gasteiger partial charge >= 0.3 is 6.09 Å². The summed E-state index contributed by atoms with van der Waals surface area (Å²) in [7, 11) is 3.12. The van der Waals surface area contributed by atoms with Crippen LogP contribution in [0.15, 0.2) is 12.1 Å². The van der Waals surface area contributed by atoms with Crippen molar-refractivity contribution in [3.05, 3.63) is 23.3 Å². The first-order valence-corrected chi connectivity index (χ1v) is 4.60. The van der Waals surface area contributed by atoms with E-state index in [1.807, 2.05) is 13.8 Å². The second kappa shape index (κ2) is 4.21. The Morgan fingerprint density at radius 3 is 2.40 bits per heavy atom. The zero-order chi connectivity index (χ0) is 11.6. The third-order valence-electron chi connectivity index (χ3n) is 2.58. The molecule has 0 spiro atoms. The number of hydrogen-bond acceptors (Lipinski definition) is 2. The molecule has 0 saturated carbocycles. The molecule has 0 bridgehead atoms. The zero-order valence-electron chi connectivity index (χ0n) is 9.37. The first-order valence-electron chi connectivity index (χ1n) is 4.60. The van der Waals surface area contributed by atoms with E-state index < -0.39 is 6.09 Å². The largest absolute Gasteiger partial charge is 0.496 e. The van der Waals surface area contributed by atoms with Crippen molar-refractivity contribution in [2.45, 2.75) is 13.8 Å². The summed E-state index contributed by atoms with van der Waals surface area (Å²) in [6.45, 7) is 3.79. The molecular weight excluding hydrogens is 194 g/mol. The molecule has 4 heteroatoms. The number of carboxylic acid groups (broad SMARTS) is 1. The summed E-state index contributed by atoms with van der Waals surface area (Å²) in [5.74, 6) is 0.773.